The highest BCUT2D eigenvalue weighted by Gasteiger charge is 2.07. The van der Waals surface area contributed by atoms with Crippen molar-refractivity contribution < 1.29 is 28.5 Å². The van der Waals surface area contributed by atoms with Crippen LogP contribution in [0.3, 0.4) is 0 Å². The van der Waals surface area contributed by atoms with Crippen molar-refractivity contribution in [2.24, 2.45) is 5.73 Å². The van der Waals surface area contributed by atoms with E-state index in [9.17, 15) is 4.79 Å². The Morgan fingerprint density at radius 1 is 0.800 bits per heavy atom. The van der Waals surface area contributed by atoms with Crippen LogP contribution in [0.4, 0.5) is 0 Å². The molecule has 3 aromatic rings. The van der Waals surface area contributed by atoms with E-state index in [2.05, 4.69) is 59.7 Å². The molecule has 3 rings (SSSR count). The summed E-state index contributed by atoms with van der Waals surface area (Å²) in [6, 6.07) is 20.6. The first-order valence-electron chi connectivity index (χ1n) is 13.6. The normalized spacial score (nSPS) is 11.0. The third kappa shape index (κ3) is 12.2. The SMILES string of the molecule is Cc1c(COc2ccc(CNCCOCCOCCOCCOCCC(N)=O)cn2)cccc1-c1ccccc1. The van der Waals surface area contributed by atoms with Crippen molar-refractivity contribution in [2.75, 3.05) is 59.4 Å². The minimum absolute atomic E-state index is 0.227. The number of hydrogen-bond acceptors (Lipinski definition) is 8. The van der Waals surface area contributed by atoms with Gasteiger partial charge in [0.25, 0.3) is 0 Å². The summed E-state index contributed by atoms with van der Waals surface area (Å²) < 4.78 is 27.6. The van der Waals surface area contributed by atoms with Gasteiger partial charge in [-0.15, -0.1) is 0 Å². The number of carbonyl (C=O) groups excluding carboxylic acids is 1. The molecule has 0 aliphatic carbocycles. The first kappa shape index (κ1) is 31.2. The largest absolute Gasteiger partial charge is 0.473 e. The molecule has 0 saturated carbocycles. The maximum Gasteiger partial charge on any atom is 0.219 e. The van der Waals surface area contributed by atoms with E-state index in [1.807, 2.05) is 24.4 Å². The number of benzene rings is 2. The van der Waals surface area contributed by atoms with Gasteiger partial charge in [-0.05, 0) is 34.7 Å². The zero-order chi connectivity index (χ0) is 28.3. The third-order valence-electron chi connectivity index (χ3n) is 6.07. The molecule has 40 heavy (non-hydrogen) atoms. The fourth-order valence-corrected chi connectivity index (χ4v) is 3.83. The van der Waals surface area contributed by atoms with Crippen LogP contribution in [0.5, 0.6) is 5.88 Å². The standard InChI is InChI=1S/C31H41N3O6/c1-25-28(8-5-9-29(25)27-6-3-2-4-7-27)24-40-31-11-10-26(23-34-31)22-33-13-15-37-17-19-39-21-20-38-18-16-36-14-12-30(32)35/h2-11,23,33H,12-22,24H2,1H3,(H2,32,35). The Balaban J connectivity index is 1.19. The Morgan fingerprint density at radius 2 is 1.48 bits per heavy atom. The molecule has 1 aromatic heterocycles. The van der Waals surface area contributed by atoms with Crippen LogP contribution in [-0.4, -0.2) is 70.3 Å². The maximum atomic E-state index is 10.6. The quantitative estimate of drug-likeness (QED) is 0.193. The Morgan fingerprint density at radius 3 is 2.12 bits per heavy atom. The van der Waals surface area contributed by atoms with Crippen LogP contribution in [0.1, 0.15) is 23.1 Å². The molecule has 0 radical (unpaired) electrons. The van der Waals surface area contributed by atoms with Gasteiger partial charge in [0.2, 0.25) is 11.8 Å². The molecule has 1 amide bonds. The minimum atomic E-state index is -0.367. The van der Waals surface area contributed by atoms with E-state index < -0.39 is 0 Å². The maximum absolute atomic E-state index is 10.6. The van der Waals surface area contributed by atoms with E-state index in [0.717, 1.165) is 17.7 Å². The minimum Gasteiger partial charge on any atom is -0.473 e. The van der Waals surface area contributed by atoms with Crippen molar-refractivity contribution in [1.82, 2.24) is 10.3 Å². The second-order valence-electron chi connectivity index (χ2n) is 9.09. The highest BCUT2D eigenvalue weighted by molar-refractivity contribution is 5.73. The number of pyridine rings is 1. The van der Waals surface area contributed by atoms with Gasteiger partial charge in [-0.3, -0.25) is 4.79 Å². The van der Waals surface area contributed by atoms with E-state index in [-0.39, 0.29) is 12.3 Å². The summed E-state index contributed by atoms with van der Waals surface area (Å²) in [7, 11) is 0. The Bertz CT molecular complexity index is 1110. The summed E-state index contributed by atoms with van der Waals surface area (Å²) >= 11 is 0. The van der Waals surface area contributed by atoms with Gasteiger partial charge in [0.1, 0.15) is 6.61 Å². The zero-order valence-electron chi connectivity index (χ0n) is 23.3. The molecule has 0 aliphatic rings. The van der Waals surface area contributed by atoms with Gasteiger partial charge in [0.15, 0.2) is 0 Å². The van der Waals surface area contributed by atoms with Gasteiger partial charge in [-0.2, -0.15) is 0 Å². The van der Waals surface area contributed by atoms with Crippen LogP contribution in [0, 0.1) is 6.92 Å². The van der Waals surface area contributed by atoms with E-state index in [4.69, 9.17) is 29.4 Å². The van der Waals surface area contributed by atoms with Crippen molar-refractivity contribution in [2.45, 2.75) is 26.5 Å². The average Bonchev–Trinajstić information content (AvgIpc) is 2.97. The highest BCUT2D eigenvalue weighted by atomic mass is 16.6. The lowest BCUT2D eigenvalue weighted by molar-refractivity contribution is -0.119. The van der Waals surface area contributed by atoms with Crippen LogP contribution in [-0.2, 0) is 36.9 Å². The van der Waals surface area contributed by atoms with Crippen molar-refractivity contribution in [3.8, 4) is 17.0 Å². The topological polar surface area (TPSA) is 114 Å². The Labute approximate surface area is 236 Å². The van der Waals surface area contributed by atoms with Gasteiger partial charge in [0.05, 0.1) is 52.9 Å². The lowest BCUT2D eigenvalue weighted by Crippen LogP contribution is -2.20. The summed E-state index contributed by atoms with van der Waals surface area (Å²) in [6.45, 7) is 7.87. The molecule has 0 fully saturated rings. The van der Waals surface area contributed by atoms with Crippen molar-refractivity contribution >= 4 is 5.91 Å². The number of ether oxygens (including phenoxy) is 5. The second-order valence-corrected chi connectivity index (χ2v) is 9.09. The lowest BCUT2D eigenvalue weighted by Gasteiger charge is -2.13. The van der Waals surface area contributed by atoms with Gasteiger partial charge >= 0.3 is 0 Å². The molecule has 0 unspecified atom stereocenters. The van der Waals surface area contributed by atoms with E-state index in [1.54, 1.807) is 0 Å². The van der Waals surface area contributed by atoms with Crippen LogP contribution in [0.15, 0.2) is 66.9 Å². The summed E-state index contributed by atoms with van der Waals surface area (Å²) in [5.41, 5.74) is 10.9. The van der Waals surface area contributed by atoms with E-state index in [1.165, 1.54) is 16.7 Å². The van der Waals surface area contributed by atoms with Gasteiger partial charge in [-0.25, -0.2) is 4.98 Å². The average molecular weight is 552 g/mol. The number of amides is 1. The second kappa shape index (κ2) is 18.9. The molecular formula is C31H41N3O6. The molecular weight excluding hydrogens is 510 g/mol. The number of aromatic nitrogens is 1. The first-order valence-corrected chi connectivity index (χ1v) is 13.6. The number of carbonyl (C=O) groups is 1. The van der Waals surface area contributed by atoms with E-state index in [0.29, 0.717) is 71.9 Å². The van der Waals surface area contributed by atoms with Crippen LogP contribution >= 0.6 is 0 Å². The molecule has 3 N–H and O–H groups in total. The molecule has 2 aromatic carbocycles. The summed E-state index contributed by atoms with van der Waals surface area (Å²) in [6.07, 6.45) is 2.06. The number of rotatable bonds is 21. The summed E-state index contributed by atoms with van der Waals surface area (Å²) in [5.74, 6) is 0.240. The zero-order valence-corrected chi connectivity index (χ0v) is 23.3. The molecule has 0 bridgehead atoms. The number of primary amides is 1. The molecule has 0 aliphatic heterocycles. The lowest BCUT2D eigenvalue weighted by atomic mass is 9.97. The summed E-state index contributed by atoms with van der Waals surface area (Å²) in [4.78, 5) is 15.0. The smallest absolute Gasteiger partial charge is 0.219 e. The van der Waals surface area contributed by atoms with Gasteiger partial charge in [-0.1, -0.05) is 54.6 Å². The van der Waals surface area contributed by atoms with Gasteiger partial charge < -0.3 is 34.7 Å². The van der Waals surface area contributed by atoms with Crippen LogP contribution < -0.4 is 15.8 Å². The third-order valence-corrected chi connectivity index (χ3v) is 6.07. The molecule has 0 saturated heterocycles. The number of nitrogens with zero attached hydrogens (tertiary/aromatic N) is 1. The molecule has 9 nitrogen and oxygen atoms in total. The monoisotopic (exact) mass is 551 g/mol. The molecule has 1 heterocycles. The fraction of sp³-hybridized carbons (Fsp3) is 0.419. The van der Waals surface area contributed by atoms with Crippen molar-refractivity contribution in [1.29, 1.82) is 0 Å². The summed E-state index contributed by atoms with van der Waals surface area (Å²) in [5, 5.41) is 3.35. The first-order chi connectivity index (χ1) is 19.6. The van der Waals surface area contributed by atoms with Crippen LogP contribution in [0.2, 0.25) is 0 Å². The predicted octanol–water partition coefficient (Wildman–Crippen LogP) is 3.67. The Hall–Kier alpha value is -3.34. The molecule has 9 heteroatoms. The fourth-order valence-electron chi connectivity index (χ4n) is 3.83. The van der Waals surface area contributed by atoms with Crippen LogP contribution in [0.25, 0.3) is 11.1 Å². The number of hydrogen-bond donors (Lipinski definition) is 2. The Kier molecular flexibility index (Phi) is 14.7. The predicted molar refractivity (Wildman–Crippen MR) is 154 cm³/mol. The number of nitrogens with two attached hydrogens (primary N) is 1. The van der Waals surface area contributed by atoms with E-state index >= 15 is 0 Å². The van der Waals surface area contributed by atoms with Gasteiger partial charge in [0, 0.05) is 31.8 Å². The highest BCUT2D eigenvalue weighted by Crippen LogP contribution is 2.26. The van der Waals surface area contributed by atoms with Crippen molar-refractivity contribution in [3.63, 3.8) is 0 Å². The van der Waals surface area contributed by atoms with Crippen molar-refractivity contribution in [3.05, 3.63) is 83.6 Å². The molecule has 0 atom stereocenters. The molecule has 0 spiro atoms. The number of nitrogens with one attached hydrogen (secondary N) is 1. The molecule has 216 valence electrons.